The number of benzene rings is 2. The molecule has 0 bridgehead atoms. The Morgan fingerprint density at radius 3 is 2.70 bits per heavy atom. The molecule has 3 rings (SSSR count). The Balaban J connectivity index is 2.10. The summed E-state index contributed by atoms with van der Waals surface area (Å²) >= 11 is 0. The maximum atomic E-state index is 13.2. The highest BCUT2D eigenvalue weighted by atomic mass is 19.1. The minimum atomic E-state index is -0.299. The van der Waals surface area contributed by atoms with E-state index in [2.05, 4.69) is 15.3 Å². The minimum Gasteiger partial charge on any atom is -0.340 e. The van der Waals surface area contributed by atoms with Crippen LogP contribution in [0.2, 0.25) is 0 Å². The first-order chi connectivity index (χ1) is 9.76. The molecule has 0 spiro atoms. The van der Waals surface area contributed by atoms with Gasteiger partial charge in [-0.15, -0.1) is 0 Å². The van der Waals surface area contributed by atoms with E-state index in [1.54, 1.807) is 12.1 Å². The SMILES string of the molecule is NCc1nc(Nc2cccc(F)c2)c2ccccc2n1. The number of rotatable bonds is 3. The van der Waals surface area contributed by atoms with Crippen molar-refractivity contribution in [1.29, 1.82) is 0 Å². The largest absolute Gasteiger partial charge is 0.340 e. The van der Waals surface area contributed by atoms with E-state index in [-0.39, 0.29) is 12.4 Å². The average molecular weight is 268 g/mol. The van der Waals surface area contributed by atoms with E-state index in [1.807, 2.05) is 24.3 Å². The molecular weight excluding hydrogens is 255 g/mol. The zero-order chi connectivity index (χ0) is 13.9. The fraction of sp³-hybridized carbons (Fsp3) is 0.0667. The van der Waals surface area contributed by atoms with Gasteiger partial charge >= 0.3 is 0 Å². The molecule has 0 aliphatic heterocycles. The van der Waals surface area contributed by atoms with Gasteiger partial charge in [-0.3, -0.25) is 0 Å². The topological polar surface area (TPSA) is 63.8 Å². The first kappa shape index (κ1) is 12.5. The van der Waals surface area contributed by atoms with E-state index in [0.717, 1.165) is 10.9 Å². The van der Waals surface area contributed by atoms with Gasteiger partial charge in [0.05, 0.1) is 12.1 Å². The second kappa shape index (κ2) is 5.22. The molecule has 3 N–H and O–H groups in total. The third-order valence-corrected chi connectivity index (χ3v) is 2.92. The second-order valence-corrected chi connectivity index (χ2v) is 4.35. The van der Waals surface area contributed by atoms with Gasteiger partial charge in [-0.05, 0) is 30.3 Å². The van der Waals surface area contributed by atoms with Crippen molar-refractivity contribution in [2.24, 2.45) is 5.73 Å². The Morgan fingerprint density at radius 1 is 1.05 bits per heavy atom. The molecule has 0 unspecified atom stereocenters. The quantitative estimate of drug-likeness (QED) is 0.766. The predicted molar refractivity (Wildman–Crippen MR) is 77.1 cm³/mol. The predicted octanol–water partition coefficient (Wildman–Crippen LogP) is 2.97. The first-order valence-corrected chi connectivity index (χ1v) is 6.24. The molecule has 0 saturated heterocycles. The number of nitrogens with two attached hydrogens (primary N) is 1. The van der Waals surface area contributed by atoms with Gasteiger partial charge in [0.1, 0.15) is 17.5 Å². The van der Waals surface area contributed by atoms with Crippen molar-refractivity contribution < 1.29 is 4.39 Å². The number of para-hydroxylation sites is 1. The van der Waals surface area contributed by atoms with Gasteiger partial charge in [-0.2, -0.15) is 0 Å². The lowest BCUT2D eigenvalue weighted by molar-refractivity contribution is 0.628. The lowest BCUT2D eigenvalue weighted by Crippen LogP contribution is -2.06. The van der Waals surface area contributed by atoms with Gasteiger partial charge in [0.25, 0.3) is 0 Å². The van der Waals surface area contributed by atoms with Crippen molar-refractivity contribution in [2.45, 2.75) is 6.54 Å². The summed E-state index contributed by atoms with van der Waals surface area (Å²) in [6.45, 7) is 0.253. The van der Waals surface area contributed by atoms with E-state index in [1.165, 1.54) is 12.1 Å². The number of anilines is 2. The smallest absolute Gasteiger partial charge is 0.144 e. The molecule has 0 aliphatic carbocycles. The van der Waals surface area contributed by atoms with Crippen LogP contribution in [-0.2, 0) is 6.54 Å². The lowest BCUT2D eigenvalue weighted by atomic mass is 10.2. The van der Waals surface area contributed by atoms with E-state index in [9.17, 15) is 4.39 Å². The molecule has 0 amide bonds. The molecule has 1 aromatic heterocycles. The Morgan fingerprint density at radius 2 is 1.90 bits per heavy atom. The van der Waals surface area contributed by atoms with Crippen molar-refractivity contribution in [3.8, 4) is 0 Å². The molecule has 0 fully saturated rings. The van der Waals surface area contributed by atoms with E-state index >= 15 is 0 Å². The lowest BCUT2D eigenvalue weighted by Gasteiger charge is -2.10. The van der Waals surface area contributed by atoms with Gasteiger partial charge in [-0.1, -0.05) is 18.2 Å². The summed E-state index contributed by atoms with van der Waals surface area (Å²) in [5.74, 6) is 0.872. The zero-order valence-electron chi connectivity index (χ0n) is 10.7. The van der Waals surface area contributed by atoms with Crippen LogP contribution < -0.4 is 11.1 Å². The summed E-state index contributed by atoms with van der Waals surface area (Å²) in [7, 11) is 0. The number of halogens is 1. The molecule has 100 valence electrons. The molecule has 20 heavy (non-hydrogen) atoms. The van der Waals surface area contributed by atoms with Crippen LogP contribution in [0.1, 0.15) is 5.82 Å². The molecule has 4 nitrogen and oxygen atoms in total. The number of hydrogen-bond donors (Lipinski definition) is 2. The first-order valence-electron chi connectivity index (χ1n) is 6.24. The van der Waals surface area contributed by atoms with Crippen molar-refractivity contribution in [3.05, 3.63) is 60.2 Å². The molecule has 3 aromatic rings. The van der Waals surface area contributed by atoms with Crippen LogP contribution >= 0.6 is 0 Å². The molecule has 0 radical (unpaired) electrons. The van der Waals surface area contributed by atoms with Crippen LogP contribution in [0.25, 0.3) is 10.9 Å². The fourth-order valence-electron chi connectivity index (χ4n) is 2.01. The molecule has 5 heteroatoms. The monoisotopic (exact) mass is 268 g/mol. The summed E-state index contributed by atoms with van der Waals surface area (Å²) in [4.78, 5) is 8.74. The third kappa shape index (κ3) is 2.44. The Bertz CT molecular complexity index is 758. The van der Waals surface area contributed by atoms with Crippen LogP contribution in [0.4, 0.5) is 15.9 Å². The van der Waals surface area contributed by atoms with Gasteiger partial charge in [-0.25, -0.2) is 14.4 Å². The van der Waals surface area contributed by atoms with Gasteiger partial charge in [0.2, 0.25) is 0 Å². The number of nitrogens with zero attached hydrogens (tertiary/aromatic N) is 2. The average Bonchev–Trinajstić information content (AvgIpc) is 2.47. The van der Waals surface area contributed by atoms with Gasteiger partial charge in [0.15, 0.2) is 0 Å². The van der Waals surface area contributed by atoms with Gasteiger partial charge in [0, 0.05) is 11.1 Å². The number of nitrogens with one attached hydrogen (secondary N) is 1. The zero-order valence-corrected chi connectivity index (χ0v) is 10.7. The summed E-state index contributed by atoms with van der Waals surface area (Å²) < 4.78 is 13.2. The van der Waals surface area contributed by atoms with E-state index in [0.29, 0.717) is 17.3 Å². The molecule has 1 heterocycles. The minimum absolute atomic E-state index is 0.253. The van der Waals surface area contributed by atoms with Crippen molar-refractivity contribution in [2.75, 3.05) is 5.32 Å². The van der Waals surface area contributed by atoms with Crippen LogP contribution in [-0.4, -0.2) is 9.97 Å². The van der Waals surface area contributed by atoms with Crippen LogP contribution in [0.15, 0.2) is 48.5 Å². The molecule has 2 aromatic carbocycles. The third-order valence-electron chi connectivity index (χ3n) is 2.92. The van der Waals surface area contributed by atoms with Crippen LogP contribution in [0.3, 0.4) is 0 Å². The Hall–Kier alpha value is -2.53. The second-order valence-electron chi connectivity index (χ2n) is 4.35. The molecular formula is C15H13FN4. The number of aromatic nitrogens is 2. The maximum Gasteiger partial charge on any atom is 0.144 e. The summed E-state index contributed by atoms with van der Waals surface area (Å²) in [6.07, 6.45) is 0. The molecule has 0 saturated carbocycles. The summed E-state index contributed by atoms with van der Waals surface area (Å²) in [5, 5.41) is 3.99. The van der Waals surface area contributed by atoms with Crippen LogP contribution in [0, 0.1) is 5.82 Å². The highest BCUT2D eigenvalue weighted by Gasteiger charge is 2.07. The van der Waals surface area contributed by atoms with E-state index in [4.69, 9.17) is 5.73 Å². The summed E-state index contributed by atoms with van der Waals surface area (Å²) in [5.41, 5.74) is 7.06. The maximum absolute atomic E-state index is 13.2. The highest BCUT2D eigenvalue weighted by Crippen LogP contribution is 2.23. The normalized spacial score (nSPS) is 10.7. The van der Waals surface area contributed by atoms with Crippen molar-refractivity contribution in [1.82, 2.24) is 9.97 Å². The standard InChI is InChI=1S/C15H13FN4/c16-10-4-3-5-11(8-10)18-15-12-6-1-2-7-13(12)19-14(9-17)20-15/h1-8H,9,17H2,(H,18,19,20). The number of fused-ring (bicyclic) bond motifs is 1. The van der Waals surface area contributed by atoms with Crippen molar-refractivity contribution >= 4 is 22.4 Å². The van der Waals surface area contributed by atoms with Gasteiger partial charge < -0.3 is 11.1 Å². The van der Waals surface area contributed by atoms with Crippen molar-refractivity contribution in [3.63, 3.8) is 0 Å². The molecule has 0 atom stereocenters. The Kier molecular flexibility index (Phi) is 3.26. The number of hydrogen-bond acceptors (Lipinski definition) is 4. The van der Waals surface area contributed by atoms with E-state index < -0.39 is 0 Å². The fourth-order valence-corrected chi connectivity index (χ4v) is 2.01. The highest BCUT2D eigenvalue weighted by molar-refractivity contribution is 5.90. The Labute approximate surface area is 115 Å². The molecule has 0 aliphatic rings. The van der Waals surface area contributed by atoms with Crippen LogP contribution in [0.5, 0.6) is 0 Å². The summed E-state index contributed by atoms with van der Waals surface area (Å²) in [6, 6.07) is 13.9.